The number of H-pyrrole nitrogens is 1. The molecule has 1 saturated carbocycles. The lowest BCUT2D eigenvalue weighted by Crippen LogP contribution is -2.27. The van der Waals surface area contributed by atoms with Gasteiger partial charge in [0.2, 0.25) is 5.89 Å². The Hall–Kier alpha value is -2.11. The third-order valence-electron chi connectivity index (χ3n) is 3.32. The summed E-state index contributed by atoms with van der Waals surface area (Å²) in [6.07, 6.45) is 4.00. The number of aromatic nitrogens is 3. The summed E-state index contributed by atoms with van der Waals surface area (Å²) in [7, 11) is 0. The smallest absolute Gasteiger partial charge is 0.253 e. The Morgan fingerprint density at radius 3 is 3.00 bits per heavy atom. The van der Waals surface area contributed by atoms with E-state index >= 15 is 0 Å². The normalized spacial score (nSPS) is 16.3. The highest BCUT2D eigenvalue weighted by molar-refractivity contribution is 5.95. The number of hydrogen-bond donors (Lipinski definition) is 2. The Morgan fingerprint density at radius 1 is 1.58 bits per heavy atom. The van der Waals surface area contributed by atoms with Crippen molar-refractivity contribution < 1.29 is 9.32 Å². The van der Waals surface area contributed by atoms with E-state index in [2.05, 4.69) is 20.4 Å². The summed E-state index contributed by atoms with van der Waals surface area (Å²) in [5, 5.41) is 6.80. The fourth-order valence-corrected chi connectivity index (χ4v) is 1.97. The van der Waals surface area contributed by atoms with Crippen LogP contribution in [0.25, 0.3) is 0 Å². The lowest BCUT2D eigenvalue weighted by molar-refractivity contribution is 0.0932. The van der Waals surface area contributed by atoms with Crippen LogP contribution in [0, 0.1) is 6.92 Å². The van der Waals surface area contributed by atoms with Crippen molar-refractivity contribution in [1.82, 2.24) is 20.4 Å². The fraction of sp³-hybridized carbons (Fsp3) is 0.462. The predicted octanol–water partition coefficient (Wildman–Crippen LogP) is 2.07. The predicted molar refractivity (Wildman–Crippen MR) is 67.7 cm³/mol. The number of amides is 1. The molecule has 2 aromatic heterocycles. The summed E-state index contributed by atoms with van der Waals surface area (Å²) in [6.45, 7) is 3.70. The van der Waals surface area contributed by atoms with Gasteiger partial charge >= 0.3 is 0 Å². The molecule has 1 aliphatic carbocycles. The molecule has 0 saturated heterocycles. The third kappa shape index (κ3) is 2.38. The maximum absolute atomic E-state index is 12.0. The number of carbonyl (C=O) groups is 1. The standard InChI is InChI=1S/C13H16N4O2/c1-7-10(5-6-14-7)12(18)15-8(2)13-16-11(17-19-13)9-3-4-9/h5-6,8-9,14H,3-4H2,1-2H3,(H,15,18). The average Bonchev–Trinajstić information content (AvgIpc) is 2.95. The van der Waals surface area contributed by atoms with E-state index in [1.807, 2.05) is 13.8 Å². The van der Waals surface area contributed by atoms with Gasteiger partial charge in [-0.2, -0.15) is 4.98 Å². The second-order valence-corrected chi connectivity index (χ2v) is 4.98. The minimum absolute atomic E-state index is 0.141. The minimum Gasteiger partial charge on any atom is -0.365 e. The zero-order valence-electron chi connectivity index (χ0n) is 10.9. The van der Waals surface area contributed by atoms with Crippen molar-refractivity contribution in [3.8, 4) is 0 Å². The van der Waals surface area contributed by atoms with Crippen LogP contribution in [0.15, 0.2) is 16.8 Å². The number of aromatic amines is 1. The molecule has 1 unspecified atom stereocenters. The molecule has 2 N–H and O–H groups in total. The molecule has 3 rings (SSSR count). The largest absolute Gasteiger partial charge is 0.365 e. The van der Waals surface area contributed by atoms with E-state index in [-0.39, 0.29) is 11.9 Å². The van der Waals surface area contributed by atoms with Crippen LogP contribution in [0.5, 0.6) is 0 Å². The average molecular weight is 260 g/mol. The molecule has 100 valence electrons. The van der Waals surface area contributed by atoms with Crippen LogP contribution in [0.2, 0.25) is 0 Å². The molecule has 2 aromatic rings. The Bertz CT molecular complexity index is 597. The van der Waals surface area contributed by atoms with E-state index in [0.717, 1.165) is 24.4 Å². The number of carbonyl (C=O) groups excluding carboxylic acids is 1. The van der Waals surface area contributed by atoms with Crippen molar-refractivity contribution in [2.24, 2.45) is 0 Å². The van der Waals surface area contributed by atoms with Crippen molar-refractivity contribution in [3.05, 3.63) is 35.2 Å². The summed E-state index contributed by atoms with van der Waals surface area (Å²) < 4.78 is 5.19. The third-order valence-corrected chi connectivity index (χ3v) is 3.32. The Kier molecular flexibility index (Phi) is 2.85. The first-order valence-corrected chi connectivity index (χ1v) is 6.43. The van der Waals surface area contributed by atoms with Gasteiger partial charge in [-0.3, -0.25) is 4.79 Å². The van der Waals surface area contributed by atoms with Gasteiger partial charge < -0.3 is 14.8 Å². The van der Waals surface area contributed by atoms with Crippen LogP contribution in [0.4, 0.5) is 0 Å². The molecular weight excluding hydrogens is 244 g/mol. The van der Waals surface area contributed by atoms with E-state index in [4.69, 9.17) is 4.52 Å². The van der Waals surface area contributed by atoms with Crippen molar-refractivity contribution in [2.75, 3.05) is 0 Å². The fourth-order valence-electron chi connectivity index (χ4n) is 1.97. The first-order chi connectivity index (χ1) is 9.15. The van der Waals surface area contributed by atoms with Gasteiger partial charge in [-0.1, -0.05) is 5.16 Å². The summed E-state index contributed by atoms with van der Waals surface area (Å²) in [6, 6.07) is 1.46. The number of nitrogens with zero attached hydrogens (tertiary/aromatic N) is 2. The molecule has 6 nitrogen and oxygen atoms in total. The molecule has 0 aromatic carbocycles. The van der Waals surface area contributed by atoms with Crippen LogP contribution in [-0.2, 0) is 0 Å². The Balaban J connectivity index is 1.68. The second-order valence-electron chi connectivity index (χ2n) is 4.98. The monoisotopic (exact) mass is 260 g/mol. The Morgan fingerprint density at radius 2 is 2.37 bits per heavy atom. The lowest BCUT2D eigenvalue weighted by atomic mass is 10.2. The summed E-state index contributed by atoms with van der Waals surface area (Å²) >= 11 is 0. The molecule has 1 fully saturated rings. The number of aryl methyl sites for hydroxylation is 1. The molecule has 2 heterocycles. The molecule has 0 spiro atoms. The van der Waals surface area contributed by atoms with Crippen molar-refractivity contribution in [3.63, 3.8) is 0 Å². The van der Waals surface area contributed by atoms with Crippen molar-refractivity contribution >= 4 is 5.91 Å². The molecule has 1 atom stereocenters. The quantitative estimate of drug-likeness (QED) is 0.881. The van der Waals surface area contributed by atoms with Crippen molar-refractivity contribution in [1.29, 1.82) is 0 Å². The second kappa shape index (κ2) is 4.53. The van der Waals surface area contributed by atoms with Crippen molar-refractivity contribution in [2.45, 2.75) is 38.6 Å². The Labute approximate surface area is 110 Å². The lowest BCUT2D eigenvalue weighted by Gasteiger charge is -2.09. The zero-order chi connectivity index (χ0) is 13.4. The van der Waals surface area contributed by atoms with Gasteiger partial charge in [-0.05, 0) is 32.8 Å². The topological polar surface area (TPSA) is 83.8 Å². The molecule has 6 heteroatoms. The molecule has 0 aliphatic heterocycles. The summed E-state index contributed by atoms with van der Waals surface area (Å²) in [4.78, 5) is 19.3. The number of rotatable bonds is 4. The molecule has 0 bridgehead atoms. The molecule has 19 heavy (non-hydrogen) atoms. The van der Waals surface area contributed by atoms with Gasteiger partial charge in [0.05, 0.1) is 5.56 Å². The van der Waals surface area contributed by atoms with Gasteiger partial charge in [-0.25, -0.2) is 0 Å². The highest BCUT2D eigenvalue weighted by Gasteiger charge is 2.29. The van der Waals surface area contributed by atoms with E-state index in [0.29, 0.717) is 17.4 Å². The van der Waals surface area contributed by atoms with E-state index in [1.165, 1.54) is 0 Å². The van der Waals surface area contributed by atoms with E-state index < -0.39 is 0 Å². The summed E-state index contributed by atoms with van der Waals surface area (Å²) in [5.41, 5.74) is 1.47. The molecular formula is C13H16N4O2. The van der Waals surface area contributed by atoms with Crippen LogP contribution < -0.4 is 5.32 Å². The molecule has 1 amide bonds. The first kappa shape index (κ1) is 12.0. The van der Waals surface area contributed by atoms with Gasteiger partial charge in [0.15, 0.2) is 5.82 Å². The van der Waals surface area contributed by atoms with Crippen LogP contribution in [-0.4, -0.2) is 21.0 Å². The van der Waals surface area contributed by atoms with Gasteiger partial charge in [-0.15, -0.1) is 0 Å². The molecule has 1 aliphatic rings. The summed E-state index contributed by atoms with van der Waals surface area (Å²) in [5.74, 6) is 1.53. The van der Waals surface area contributed by atoms with Gasteiger partial charge in [0.25, 0.3) is 5.91 Å². The van der Waals surface area contributed by atoms with Gasteiger partial charge in [0.1, 0.15) is 6.04 Å². The zero-order valence-corrected chi connectivity index (χ0v) is 10.9. The first-order valence-electron chi connectivity index (χ1n) is 6.43. The van der Waals surface area contributed by atoms with Crippen LogP contribution in [0.3, 0.4) is 0 Å². The van der Waals surface area contributed by atoms with E-state index in [1.54, 1.807) is 12.3 Å². The van der Waals surface area contributed by atoms with Gasteiger partial charge in [0, 0.05) is 17.8 Å². The number of nitrogens with one attached hydrogen (secondary N) is 2. The minimum atomic E-state index is -0.290. The van der Waals surface area contributed by atoms with E-state index in [9.17, 15) is 4.79 Å². The maximum atomic E-state index is 12.0. The molecule has 0 radical (unpaired) electrons. The number of hydrogen-bond acceptors (Lipinski definition) is 4. The highest BCUT2D eigenvalue weighted by atomic mass is 16.5. The SMILES string of the molecule is Cc1[nH]ccc1C(=O)NC(C)c1nc(C2CC2)no1. The maximum Gasteiger partial charge on any atom is 0.253 e. The van der Waals surface area contributed by atoms with Crippen LogP contribution >= 0.6 is 0 Å². The highest BCUT2D eigenvalue weighted by Crippen LogP contribution is 2.38. The van der Waals surface area contributed by atoms with Crippen LogP contribution in [0.1, 0.15) is 59.5 Å².